The standard InChI is InChI=1S/C18H30N4O3S.HI/c1-5-19-18(20-8-9-21-26(4,23)24)22-10-11-25-17(13-22)16-7-6-14(2)12-15(16)3;/h6-7,12,17,21H,5,8-11,13H2,1-4H3,(H,19,20);1H. The lowest BCUT2D eigenvalue weighted by Gasteiger charge is -2.36. The van der Waals surface area contributed by atoms with E-state index in [9.17, 15) is 8.42 Å². The number of aryl methyl sites for hydroxylation is 2. The molecule has 1 aliphatic rings. The maximum atomic E-state index is 11.2. The second-order valence-corrected chi connectivity index (χ2v) is 8.40. The molecule has 9 heteroatoms. The molecule has 0 aliphatic carbocycles. The number of nitrogens with one attached hydrogen (secondary N) is 2. The molecule has 7 nitrogen and oxygen atoms in total. The molecule has 1 aliphatic heterocycles. The number of guanidine groups is 1. The molecule has 0 amide bonds. The van der Waals surface area contributed by atoms with Crippen molar-refractivity contribution in [3.63, 3.8) is 0 Å². The monoisotopic (exact) mass is 510 g/mol. The first-order valence-electron chi connectivity index (χ1n) is 8.97. The molecular weight excluding hydrogens is 479 g/mol. The Labute approximate surface area is 180 Å². The van der Waals surface area contributed by atoms with Gasteiger partial charge in [0.25, 0.3) is 0 Å². The van der Waals surface area contributed by atoms with Crippen LogP contribution < -0.4 is 10.0 Å². The number of nitrogens with zero attached hydrogens (tertiary/aromatic N) is 2. The summed E-state index contributed by atoms with van der Waals surface area (Å²) in [7, 11) is -3.19. The van der Waals surface area contributed by atoms with Crippen LogP contribution in [0.15, 0.2) is 23.2 Å². The molecule has 0 saturated carbocycles. The summed E-state index contributed by atoms with van der Waals surface area (Å²) in [6.07, 6.45) is 1.15. The fourth-order valence-electron chi connectivity index (χ4n) is 3.04. The van der Waals surface area contributed by atoms with Gasteiger partial charge in [0.15, 0.2) is 5.96 Å². The Morgan fingerprint density at radius 2 is 2.11 bits per heavy atom. The molecule has 0 aromatic heterocycles. The van der Waals surface area contributed by atoms with Gasteiger partial charge in [-0.05, 0) is 31.9 Å². The summed E-state index contributed by atoms with van der Waals surface area (Å²) in [4.78, 5) is 6.73. The quantitative estimate of drug-likeness (QED) is 0.264. The molecular formula is C18H31IN4O3S. The molecule has 1 unspecified atom stereocenters. The summed E-state index contributed by atoms with van der Waals surface area (Å²) in [6, 6.07) is 6.42. The normalized spacial score (nSPS) is 18.1. The van der Waals surface area contributed by atoms with Crippen LogP contribution in [-0.4, -0.2) is 64.9 Å². The first kappa shape index (κ1) is 24.1. The van der Waals surface area contributed by atoms with Crippen LogP contribution in [0.4, 0.5) is 0 Å². The van der Waals surface area contributed by atoms with Gasteiger partial charge in [0, 0.05) is 19.6 Å². The van der Waals surface area contributed by atoms with Gasteiger partial charge in [-0.15, -0.1) is 24.0 Å². The summed E-state index contributed by atoms with van der Waals surface area (Å²) in [6.45, 7) is 9.76. The van der Waals surface area contributed by atoms with E-state index in [1.807, 2.05) is 6.92 Å². The molecule has 1 fully saturated rings. The number of halogens is 1. The van der Waals surface area contributed by atoms with Crippen molar-refractivity contribution in [1.82, 2.24) is 14.9 Å². The van der Waals surface area contributed by atoms with Crippen LogP contribution in [0.2, 0.25) is 0 Å². The molecule has 1 heterocycles. The number of hydrogen-bond donors (Lipinski definition) is 2. The van der Waals surface area contributed by atoms with Gasteiger partial charge < -0.3 is 15.0 Å². The number of rotatable bonds is 6. The van der Waals surface area contributed by atoms with Crippen LogP contribution in [0.25, 0.3) is 0 Å². The predicted octanol–water partition coefficient (Wildman–Crippen LogP) is 1.81. The minimum atomic E-state index is -3.19. The van der Waals surface area contributed by atoms with Crippen molar-refractivity contribution in [3.8, 4) is 0 Å². The largest absolute Gasteiger partial charge is 0.370 e. The van der Waals surface area contributed by atoms with E-state index in [0.717, 1.165) is 31.8 Å². The molecule has 2 N–H and O–H groups in total. The Balaban J connectivity index is 0.00000364. The average molecular weight is 510 g/mol. The van der Waals surface area contributed by atoms with E-state index in [0.29, 0.717) is 19.7 Å². The SMILES string of the molecule is CCNC(=NCCNS(C)(=O)=O)N1CCOC(c2ccc(C)cc2C)C1.I. The van der Waals surface area contributed by atoms with Crippen molar-refractivity contribution in [1.29, 1.82) is 0 Å². The molecule has 1 saturated heterocycles. The van der Waals surface area contributed by atoms with Crippen molar-refractivity contribution in [2.75, 3.05) is 45.6 Å². The first-order chi connectivity index (χ1) is 12.3. The van der Waals surface area contributed by atoms with E-state index < -0.39 is 10.0 Å². The highest BCUT2D eigenvalue weighted by molar-refractivity contribution is 14.0. The highest BCUT2D eigenvalue weighted by atomic mass is 127. The van der Waals surface area contributed by atoms with Gasteiger partial charge in [-0.25, -0.2) is 13.1 Å². The fourth-order valence-corrected chi connectivity index (χ4v) is 3.50. The maximum Gasteiger partial charge on any atom is 0.208 e. The number of benzene rings is 1. The van der Waals surface area contributed by atoms with Crippen molar-refractivity contribution in [3.05, 3.63) is 34.9 Å². The number of ether oxygens (including phenoxy) is 1. The zero-order chi connectivity index (χ0) is 19.2. The van der Waals surface area contributed by atoms with Gasteiger partial charge in [-0.3, -0.25) is 4.99 Å². The van der Waals surface area contributed by atoms with E-state index in [2.05, 4.69) is 52.0 Å². The zero-order valence-corrected chi connectivity index (χ0v) is 19.6. The van der Waals surface area contributed by atoms with Crippen molar-refractivity contribution in [2.45, 2.75) is 26.9 Å². The third-order valence-electron chi connectivity index (χ3n) is 4.21. The molecule has 1 atom stereocenters. The smallest absolute Gasteiger partial charge is 0.208 e. The van der Waals surface area contributed by atoms with Crippen LogP contribution >= 0.6 is 24.0 Å². The number of sulfonamides is 1. The Hall–Kier alpha value is -0.910. The van der Waals surface area contributed by atoms with Gasteiger partial charge in [0.05, 0.1) is 26.0 Å². The highest BCUT2D eigenvalue weighted by Gasteiger charge is 2.25. The number of hydrogen-bond acceptors (Lipinski definition) is 4. The van der Waals surface area contributed by atoms with Crippen LogP contribution in [0.1, 0.15) is 29.7 Å². The Morgan fingerprint density at radius 3 is 2.74 bits per heavy atom. The van der Waals surface area contributed by atoms with E-state index in [-0.39, 0.29) is 30.1 Å². The van der Waals surface area contributed by atoms with Crippen LogP contribution in [0, 0.1) is 13.8 Å². The Bertz CT molecular complexity index is 740. The second-order valence-electron chi connectivity index (χ2n) is 6.57. The summed E-state index contributed by atoms with van der Waals surface area (Å²) < 4.78 is 30.8. The zero-order valence-electron chi connectivity index (χ0n) is 16.5. The molecule has 0 bridgehead atoms. The summed E-state index contributed by atoms with van der Waals surface area (Å²) in [5.74, 6) is 0.792. The molecule has 154 valence electrons. The molecule has 2 rings (SSSR count). The highest BCUT2D eigenvalue weighted by Crippen LogP contribution is 2.25. The van der Waals surface area contributed by atoms with E-state index in [1.54, 1.807) is 0 Å². The Morgan fingerprint density at radius 1 is 1.37 bits per heavy atom. The average Bonchev–Trinajstić information content (AvgIpc) is 2.57. The van der Waals surface area contributed by atoms with E-state index >= 15 is 0 Å². The number of aliphatic imine (C=N–C) groups is 1. The lowest BCUT2D eigenvalue weighted by Crippen LogP contribution is -2.48. The third-order valence-corrected chi connectivity index (χ3v) is 4.94. The molecule has 27 heavy (non-hydrogen) atoms. The van der Waals surface area contributed by atoms with Gasteiger partial charge in [-0.2, -0.15) is 0 Å². The third kappa shape index (κ3) is 7.92. The van der Waals surface area contributed by atoms with Crippen LogP contribution in [0.3, 0.4) is 0 Å². The first-order valence-corrected chi connectivity index (χ1v) is 10.9. The van der Waals surface area contributed by atoms with Gasteiger partial charge in [0.2, 0.25) is 10.0 Å². The Kier molecular flexibility index (Phi) is 9.99. The van der Waals surface area contributed by atoms with Gasteiger partial charge in [0.1, 0.15) is 6.10 Å². The maximum absolute atomic E-state index is 11.2. The minimum Gasteiger partial charge on any atom is -0.370 e. The van der Waals surface area contributed by atoms with Crippen molar-refractivity contribution < 1.29 is 13.2 Å². The summed E-state index contributed by atoms with van der Waals surface area (Å²) >= 11 is 0. The number of morpholine rings is 1. The van der Waals surface area contributed by atoms with Crippen molar-refractivity contribution >= 4 is 40.0 Å². The molecule has 1 aromatic carbocycles. The topological polar surface area (TPSA) is 83.0 Å². The molecule has 0 radical (unpaired) electrons. The molecule has 0 spiro atoms. The minimum absolute atomic E-state index is 0. The van der Waals surface area contributed by atoms with Crippen LogP contribution in [-0.2, 0) is 14.8 Å². The second kappa shape index (κ2) is 11.2. The van der Waals surface area contributed by atoms with E-state index in [1.165, 1.54) is 16.7 Å². The van der Waals surface area contributed by atoms with Crippen LogP contribution in [0.5, 0.6) is 0 Å². The lowest BCUT2D eigenvalue weighted by molar-refractivity contribution is -0.00832. The summed E-state index contributed by atoms with van der Waals surface area (Å²) in [5.41, 5.74) is 3.68. The van der Waals surface area contributed by atoms with Crippen molar-refractivity contribution in [2.24, 2.45) is 4.99 Å². The van der Waals surface area contributed by atoms with Gasteiger partial charge in [-0.1, -0.05) is 23.8 Å². The van der Waals surface area contributed by atoms with Gasteiger partial charge >= 0.3 is 0 Å². The summed E-state index contributed by atoms with van der Waals surface area (Å²) in [5, 5.41) is 3.29. The van der Waals surface area contributed by atoms with E-state index in [4.69, 9.17) is 4.74 Å². The lowest BCUT2D eigenvalue weighted by atomic mass is 10.00. The predicted molar refractivity (Wildman–Crippen MR) is 120 cm³/mol. The fraction of sp³-hybridized carbons (Fsp3) is 0.611. The molecule has 1 aromatic rings.